The molecule has 1 atom stereocenters. The van der Waals surface area contributed by atoms with E-state index in [9.17, 15) is 14.4 Å². The summed E-state index contributed by atoms with van der Waals surface area (Å²) in [5.41, 5.74) is 3.92. The Kier molecular flexibility index (Phi) is 8.54. The highest BCUT2D eigenvalue weighted by Gasteiger charge is 2.29. The molecular weight excluding hydrogens is 474 g/mol. The van der Waals surface area contributed by atoms with Crippen LogP contribution in [0.4, 0.5) is 5.00 Å². The fraction of sp³-hybridized carbons (Fsp3) is 0.345. The Labute approximate surface area is 215 Å². The van der Waals surface area contributed by atoms with Crippen LogP contribution in [0.25, 0.3) is 0 Å². The van der Waals surface area contributed by atoms with Gasteiger partial charge in [0.15, 0.2) is 6.61 Å². The van der Waals surface area contributed by atoms with Gasteiger partial charge in [0.2, 0.25) is 0 Å². The number of fused-ring (bicyclic) bond motifs is 1. The van der Waals surface area contributed by atoms with Gasteiger partial charge in [0.05, 0.1) is 17.7 Å². The number of amides is 1. The monoisotopic (exact) mass is 505 g/mol. The number of ether oxygens (including phenoxy) is 2. The summed E-state index contributed by atoms with van der Waals surface area (Å²) in [4.78, 5) is 39.3. The first-order valence-corrected chi connectivity index (χ1v) is 13.2. The average Bonchev–Trinajstić information content (AvgIpc) is 3.23. The second-order valence-electron chi connectivity index (χ2n) is 9.04. The quantitative estimate of drug-likeness (QED) is 0.381. The Morgan fingerprint density at radius 2 is 1.72 bits per heavy atom. The third-order valence-electron chi connectivity index (χ3n) is 6.34. The number of carbonyl (C=O) groups is 3. The lowest BCUT2D eigenvalue weighted by atomic mass is 9.88. The molecule has 0 bridgehead atoms. The van der Waals surface area contributed by atoms with E-state index in [1.165, 1.54) is 16.9 Å². The van der Waals surface area contributed by atoms with E-state index in [1.54, 1.807) is 19.1 Å². The molecule has 6 nitrogen and oxygen atoms in total. The van der Waals surface area contributed by atoms with E-state index in [4.69, 9.17) is 9.47 Å². The summed E-state index contributed by atoms with van der Waals surface area (Å²) in [7, 11) is 0. The minimum absolute atomic E-state index is 0.258. The Hall–Kier alpha value is -3.45. The van der Waals surface area contributed by atoms with Gasteiger partial charge in [0.1, 0.15) is 5.00 Å². The van der Waals surface area contributed by atoms with Gasteiger partial charge in [-0.2, -0.15) is 0 Å². The fourth-order valence-electron chi connectivity index (χ4n) is 4.49. The molecule has 1 N–H and O–H groups in total. The van der Waals surface area contributed by atoms with Crippen LogP contribution in [0.15, 0.2) is 54.6 Å². The summed E-state index contributed by atoms with van der Waals surface area (Å²) in [6, 6.07) is 17.4. The Balaban J connectivity index is 1.41. The van der Waals surface area contributed by atoms with Crippen molar-refractivity contribution in [2.75, 3.05) is 18.5 Å². The lowest BCUT2D eigenvalue weighted by Gasteiger charge is -2.18. The predicted molar refractivity (Wildman–Crippen MR) is 141 cm³/mol. The number of nitrogens with one attached hydrogen (secondary N) is 1. The van der Waals surface area contributed by atoms with E-state index in [2.05, 4.69) is 24.4 Å². The lowest BCUT2D eigenvalue weighted by molar-refractivity contribution is -0.119. The number of aryl methyl sites for hydroxylation is 2. The molecule has 0 fully saturated rings. The molecule has 0 spiro atoms. The first-order chi connectivity index (χ1) is 17.5. The maximum absolute atomic E-state index is 12.8. The maximum atomic E-state index is 12.8. The molecule has 2 aromatic carbocycles. The van der Waals surface area contributed by atoms with Crippen LogP contribution in [0.3, 0.4) is 0 Å². The topological polar surface area (TPSA) is 81.7 Å². The highest BCUT2D eigenvalue weighted by Crippen LogP contribution is 2.40. The van der Waals surface area contributed by atoms with E-state index in [-0.39, 0.29) is 6.61 Å². The second kappa shape index (κ2) is 12.0. The van der Waals surface area contributed by atoms with Crippen molar-refractivity contribution in [2.24, 2.45) is 5.92 Å². The summed E-state index contributed by atoms with van der Waals surface area (Å²) in [5, 5.41) is 3.26. The van der Waals surface area contributed by atoms with Crippen molar-refractivity contribution in [3.8, 4) is 0 Å². The molecule has 188 valence electrons. The zero-order valence-corrected chi connectivity index (χ0v) is 21.5. The maximum Gasteiger partial charge on any atom is 0.341 e. The molecule has 0 aliphatic heterocycles. The van der Waals surface area contributed by atoms with Gasteiger partial charge in [0.25, 0.3) is 5.91 Å². The molecule has 3 aromatic rings. The number of anilines is 1. The molecule has 36 heavy (non-hydrogen) atoms. The van der Waals surface area contributed by atoms with E-state index in [0.717, 1.165) is 41.7 Å². The molecule has 1 aromatic heterocycles. The Bertz CT molecular complexity index is 1230. The number of thiophene rings is 1. The van der Waals surface area contributed by atoms with Crippen molar-refractivity contribution >= 4 is 34.2 Å². The van der Waals surface area contributed by atoms with E-state index >= 15 is 0 Å². The summed E-state index contributed by atoms with van der Waals surface area (Å²) < 4.78 is 10.6. The number of rotatable bonds is 9. The first kappa shape index (κ1) is 25.6. The van der Waals surface area contributed by atoms with Gasteiger partial charge in [0, 0.05) is 4.88 Å². The fourth-order valence-corrected chi connectivity index (χ4v) is 5.91. The largest absolute Gasteiger partial charge is 0.462 e. The van der Waals surface area contributed by atoms with Crippen LogP contribution in [-0.4, -0.2) is 31.1 Å². The van der Waals surface area contributed by atoms with Gasteiger partial charge in [-0.05, 0) is 67.7 Å². The minimum atomic E-state index is -0.543. The average molecular weight is 506 g/mol. The number of carbonyl (C=O) groups excluding carboxylic acids is 3. The second-order valence-corrected chi connectivity index (χ2v) is 10.1. The molecular formula is C29H31NO5S. The molecule has 0 radical (unpaired) electrons. The van der Waals surface area contributed by atoms with Crippen LogP contribution in [0.5, 0.6) is 0 Å². The Morgan fingerprint density at radius 3 is 2.50 bits per heavy atom. The zero-order valence-electron chi connectivity index (χ0n) is 20.7. The van der Waals surface area contributed by atoms with Crippen LogP contribution in [0, 0.1) is 5.92 Å². The van der Waals surface area contributed by atoms with Crippen LogP contribution in [0.1, 0.15) is 62.6 Å². The van der Waals surface area contributed by atoms with Gasteiger partial charge in [-0.1, -0.05) is 55.5 Å². The molecule has 1 amide bonds. The molecule has 1 aliphatic rings. The number of benzene rings is 2. The normalized spacial score (nSPS) is 14.6. The smallest absolute Gasteiger partial charge is 0.341 e. The van der Waals surface area contributed by atoms with Crippen molar-refractivity contribution in [3.05, 3.63) is 87.3 Å². The first-order valence-electron chi connectivity index (χ1n) is 12.4. The van der Waals surface area contributed by atoms with Crippen molar-refractivity contribution in [3.63, 3.8) is 0 Å². The van der Waals surface area contributed by atoms with Crippen LogP contribution in [-0.2, 0) is 40.0 Å². The molecule has 1 aliphatic carbocycles. The molecule has 1 heterocycles. The molecule has 0 saturated carbocycles. The lowest BCUT2D eigenvalue weighted by Crippen LogP contribution is -2.22. The third kappa shape index (κ3) is 6.21. The highest BCUT2D eigenvalue weighted by atomic mass is 32.1. The number of hydrogen-bond donors (Lipinski definition) is 1. The van der Waals surface area contributed by atoms with Gasteiger partial charge in [-0.25, -0.2) is 9.59 Å². The van der Waals surface area contributed by atoms with Gasteiger partial charge >= 0.3 is 11.9 Å². The van der Waals surface area contributed by atoms with Crippen LogP contribution in [0.2, 0.25) is 0 Å². The Morgan fingerprint density at radius 1 is 0.972 bits per heavy atom. The SMILES string of the molecule is CCOC(=O)c1c(NC(=O)COC(=O)c2ccccc2CCc2ccccc2)sc2c1CCC(C)C2. The minimum Gasteiger partial charge on any atom is -0.462 e. The summed E-state index contributed by atoms with van der Waals surface area (Å²) in [6.45, 7) is 3.76. The van der Waals surface area contributed by atoms with Crippen LogP contribution >= 0.6 is 11.3 Å². The van der Waals surface area contributed by atoms with E-state index < -0.39 is 24.5 Å². The van der Waals surface area contributed by atoms with Crippen LogP contribution < -0.4 is 5.32 Å². The standard InChI is InChI=1S/C29H31NO5S/c1-3-34-29(33)26-23-16-13-19(2)17-24(23)36-27(26)30-25(31)18-35-28(32)22-12-8-7-11-21(22)15-14-20-9-5-4-6-10-20/h4-12,19H,3,13-18H2,1-2H3,(H,30,31). The van der Waals surface area contributed by atoms with E-state index in [1.807, 2.05) is 30.3 Å². The van der Waals surface area contributed by atoms with Crippen molar-refractivity contribution in [1.82, 2.24) is 0 Å². The third-order valence-corrected chi connectivity index (χ3v) is 7.51. The van der Waals surface area contributed by atoms with E-state index in [0.29, 0.717) is 28.5 Å². The number of esters is 2. The van der Waals surface area contributed by atoms with Crippen molar-refractivity contribution in [1.29, 1.82) is 0 Å². The highest BCUT2D eigenvalue weighted by molar-refractivity contribution is 7.17. The van der Waals surface area contributed by atoms with Crippen molar-refractivity contribution in [2.45, 2.75) is 46.0 Å². The summed E-state index contributed by atoms with van der Waals surface area (Å²) >= 11 is 1.41. The van der Waals surface area contributed by atoms with Gasteiger partial charge in [-0.3, -0.25) is 4.79 Å². The zero-order chi connectivity index (χ0) is 25.5. The molecule has 0 saturated heterocycles. The van der Waals surface area contributed by atoms with Crippen molar-refractivity contribution < 1.29 is 23.9 Å². The molecule has 4 rings (SSSR count). The summed E-state index contributed by atoms with van der Waals surface area (Å²) in [6.07, 6.45) is 4.13. The summed E-state index contributed by atoms with van der Waals surface area (Å²) in [5.74, 6) is -0.928. The molecule has 1 unspecified atom stereocenters. The predicted octanol–water partition coefficient (Wildman–Crippen LogP) is 5.63. The van der Waals surface area contributed by atoms with Gasteiger partial charge < -0.3 is 14.8 Å². The van der Waals surface area contributed by atoms with Gasteiger partial charge in [-0.15, -0.1) is 11.3 Å². The molecule has 7 heteroatoms. The number of hydrogen-bond acceptors (Lipinski definition) is 6.